The van der Waals surface area contributed by atoms with E-state index in [1.165, 1.54) is 0 Å². The van der Waals surface area contributed by atoms with Gasteiger partial charge in [0.15, 0.2) is 0 Å². The molecule has 116 valence electrons. The summed E-state index contributed by atoms with van der Waals surface area (Å²) in [5.74, 6) is -0.110. The van der Waals surface area contributed by atoms with Gasteiger partial charge < -0.3 is 11.1 Å². The van der Waals surface area contributed by atoms with E-state index in [1.807, 2.05) is 54.6 Å². The third-order valence-electron chi connectivity index (χ3n) is 3.87. The van der Waals surface area contributed by atoms with Gasteiger partial charge in [0.2, 0.25) is 0 Å². The van der Waals surface area contributed by atoms with Crippen molar-refractivity contribution in [3.05, 3.63) is 65.9 Å². The lowest BCUT2D eigenvalue weighted by Crippen LogP contribution is -2.21. The lowest BCUT2D eigenvalue weighted by Gasteiger charge is -2.16. The Kier molecular flexibility index (Phi) is 4.35. The van der Waals surface area contributed by atoms with Gasteiger partial charge in [-0.2, -0.15) is 0 Å². The van der Waals surface area contributed by atoms with Crippen molar-refractivity contribution in [1.29, 1.82) is 0 Å². The highest BCUT2D eigenvalue weighted by Gasteiger charge is 2.20. The zero-order chi connectivity index (χ0) is 16.2. The number of carbonyl (C=O) groups is 1. The number of para-hydroxylation sites is 1. The standard InChI is InChI=1S/C19H19N3O/c1-21-19(23)18-14-9-5-6-10-15(14)22-16(11-12-20)17(18)13-7-3-2-4-8-13/h2-10H,11-12,20H2,1H3,(H,21,23). The number of aromatic nitrogens is 1. The first-order chi connectivity index (χ1) is 11.3. The SMILES string of the molecule is CNC(=O)c1c(-c2ccccc2)c(CCN)nc2ccccc12. The molecular formula is C19H19N3O. The van der Waals surface area contributed by atoms with Gasteiger partial charge in [-0.25, -0.2) is 0 Å². The number of nitrogens with one attached hydrogen (secondary N) is 1. The molecule has 2 aromatic carbocycles. The fraction of sp³-hybridized carbons (Fsp3) is 0.158. The second-order valence-electron chi connectivity index (χ2n) is 5.31. The highest BCUT2D eigenvalue weighted by molar-refractivity contribution is 6.11. The van der Waals surface area contributed by atoms with Crippen LogP contribution in [0, 0.1) is 0 Å². The van der Waals surface area contributed by atoms with E-state index in [1.54, 1.807) is 7.05 Å². The first-order valence-corrected chi connectivity index (χ1v) is 7.65. The van der Waals surface area contributed by atoms with Gasteiger partial charge in [-0.15, -0.1) is 0 Å². The molecule has 0 fully saturated rings. The van der Waals surface area contributed by atoms with E-state index in [9.17, 15) is 4.79 Å². The van der Waals surface area contributed by atoms with Gasteiger partial charge in [0, 0.05) is 24.4 Å². The second kappa shape index (κ2) is 6.58. The number of nitrogens with zero attached hydrogens (tertiary/aromatic N) is 1. The van der Waals surface area contributed by atoms with Gasteiger partial charge in [0.1, 0.15) is 0 Å². The molecule has 3 aromatic rings. The Morgan fingerprint density at radius 2 is 1.78 bits per heavy atom. The molecule has 0 unspecified atom stereocenters. The monoisotopic (exact) mass is 305 g/mol. The van der Waals surface area contributed by atoms with Crippen LogP contribution in [0.5, 0.6) is 0 Å². The molecule has 0 atom stereocenters. The Hall–Kier alpha value is -2.72. The van der Waals surface area contributed by atoms with Crippen molar-refractivity contribution in [3.8, 4) is 11.1 Å². The molecule has 4 nitrogen and oxygen atoms in total. The Balaban J connectivity index is 2.42. The van der Waals surface area contributed by atoms with E-state index in [0.717, 1.165) is 27.7 Å². The highest BCUT2D eigenvalue weighted by Crippen LogP contribution is 2.32. The summed E-state index contributed by atoms with van der Waals surface area (Å²) < 4.78 is 0. The Morgan fingerprint density at radius 1 is 1.09 bits per heavy atom. The molecule has 0 aliphatic carbocycles. The average Bonchev–Trinajstić information content (AvgIpc) is 2.61. The van der Waals surface area contributed by atoms with Crippen LogP contribution in [0.2, 0.25) is 0 Å². The molecule has 0 aliphatic heterocycles. The van der Waals surface area contributed by atoms with Crippen LogP contribution in [-0.2, 0) is 6.42 Å². The summed E-state index contributed by atoms with van der Waals surface area (Å²) in [6.45, 7) is 0.484. The minimum atomic E-state index is -0.110. The Morgan fingerprint density at radius 3 is 2.48 bits per heavy atom. The summed E-state index contributed by atoms with van der Waals surface area (Å²) >= 11 is 0. The van der Waals surface area contributed by atoms with E-state index in [4.69, 9.17) is 10.7 Å². The van der Waals surface area contributed by atoms with Crippen LogP contribution in [0.3, 0.4) is 0 Å². The van der Waals surface area contributed by atoms with E-state index in [-0.39, 0.29) is 5.91 Å². The van der Waals surface area contributed by atoms with Crippen molar-refractivity contribution in [2.45, 2.75) is 6.42 Å². The molecule has 4 heteroatoms. The lowest BCUT2D eigenvalue weighted by molar-refractivity contribution is 0.0965. The first kappa shape index (κ1) is 15.2. The number of hydrogen-bond donors (Lipinski definition) is 2. The maximum Gasteiger partial charge on any atom is 0.252 e. The number of carbonyl (C=O) groups excluding carboxylic acids is 1. The summed E-state index contributed by atoms with van der Waals surface area (Å²) in [5, 5.41) is 3.61. The minimum absolute atomic E-state index is 0.110. The molecule has 0 spiro atoms. The molecule has 1 amide bonds. The summed E-state index contributed by atoms with van der Waals surface area (Å²) in [6.07, 6.45) is 0.624. The number of amides is 1. The zero-order valence-electron chi connectivity index (χ0n) is 13.0. The molecule has 23 heavy (non-hydrogen) atoms. The molecular weight excluding hydrogens is 286 g/mol. The quantitative estimate of drug-likeness (QED) is 0.779. The van der Waals surface area contributed by atoms with Crippen molar-refractivity contribution in [1.82, 2.24) is 10.3 Å². The lowest BCUT2D eigenvalue weighted by atomic mass is 9.93. The van der Waals surface area contributed by atoms with Crippen molar-refractivity contribution >= 4 is 16.8 Å². The number of fused-ring (bicyclic) bond motifs is 1. The smallest absolute Gasteiger partial charge is 0.252 e. The predicted molar refractivity (Wildman–Crippen MR) is 93.3 cm³/mol. The van der Waals surface area contributed by atoms with Gasteiger partial charge in [-0.1, -0.05) is 48.5 Å². The molecule has 0 bridgehead atoms. The second-order valence-corrected chi connectivity index (χ2v) is 5.31. The molecule has 3 N–H and O–H groups in total. The average molecular weight is 305 g/mol. The van der Waals surface area contributed by atoms with Crippen LogP contribution in [0.1, 0.15) is 16.1 Å². The summed E-state index contributed by atoms with van der Waals surface area (Å²) in [7, 11) is 1.65. The zero-order valence-corrected chi connectivity index (χ0v) is 13.0. The number of benzene rings is 2. The number of pyridine rings is 1. The number of nitrogens with two attached hydrogens (primary N) is 1. The van der Waals surface area contributed by atoms with E-state index < -0.39 is 0 Å². The normalized spacial score (nSPS) is 10.7. The van der Waals surface area contributed by atoms with Crippen LogP contribution in [0.4, 0.5) is 0 Å². The van der Waals surface area contributed by atoms with E-state index >= 15 is 0 Å². The minimum Gasteiger partial charge on any atom is -0.355 e. The molecule has 1 aromatic heterocycles. The molecule has 0 saturated carbocycles. The maximum atomic E-state index is 12.6. The third-order valence-corrected chi connectivity index (χ3v) is 3.87. The van der Waals surface area contributed by atoms with E-state index in [0.29, 0.717) is 18.5 Å². The predicted octanol–water partition coefficient (Wildman–Crippen LogP) is 2.76. The van der Waals surface area contributed by atoms with Gasteiger partial charge in [0.25, 0.3) is 5.91 Å². The topological polar surface area (TPSA) is 68.0 Å². The fourth-order valence-electron chi connectivity index (χ4n) is 2.86. The summed E-state index contributed by atoms with van der Waals surface area (Å²) in [6, 6.07) is 17.6. The van der Waals surface area contributed by atoms with E-state index in [2.05, 4.69) is 5.32 Å². The van der Waals surface area contributed by atoms with Crippen molar-refractivity contribution in [2.24, 2.45) is 5.73 Å². The molecule has 0 saturated heterocycles. The van der Waals surface area contributed by atoms with Crippen molar-refractivity contribution in [3.63, 3.8) is 0 Å². The van der Waals surface area contributed by atoms with Crippen LogP contribution < -0.4 is 11.1 Å². The van der Waals surface area contributed by atoms with Gasteiger partial charge >= 0.3 is 0 Å². The summed E-state index contributed by atoms with van der Waals surface area (Å²) in [5.41, 5.74) is 9.95. The Labute approximate surface area is 135 Å². The van der Waals surface area contributed by atoms with Crippen molar-refractivity contribution < 1.29 is 4.79 Å². The fourth-order valence-corrected chi connectivity index (χ4v) is 2.86. The van der Waals surface area contributed by atoms with Crippen LogP contribution in [0.25, 0.3) is 22.0 Å². The first-order valence-electron chi connectivity index (χ1n) is 7.65. The van der Waals surface area contributed by atoms with Crippen LogP contribution in [-0.4, -0.2) is 24.5 Å². The van der Waals surface area contributed by atoms with Crippen molar-refractivity contribution in [2.75, 3.05) is 13.6 Å². The summed E-state index contributed by atoms with van der Waals surface area (Å²) in [4.78, 5) is 17.4. The largest absolute Gasteiger partial charge is 0.355 e. The number of rotatable bonds is 4. The highest BCUT2D eigenvalue weighted by atomic mass is 16.1. The van der Waals surface area contributed by atoms with Crippen LogP contribution >= 0.6 is 0 Å². The van der Waals surface area contributed by atoms with Gasteiger partial charge in [0.05, 0.1) is 16.8 Å². The van der Waals surface area contributed by atoms with Gasteiger partial charge in [-0.05, 0) is 18.2 Å². The maximum absolute atomic E-state index is 12.6. The van der Waals surface area contributed by atoms with Crippen LogP contribution in [0.15, 0.2) is 54.6 Å². The number of hydrogen-bond acceptors (Lipinski definition) is 3. The third kappa shape index (κ3) is 2.81. The Bertz CT molecular complexity index is 844. The molecule has 0 radical (unpaired) electrons. The molecule has 0 aliphatic rings. The molecule has 1 heterocycles. The molecule has 3 rings (SSSR count). The van der Waals surface area contributed by atoms with Gasteiger partial charge in [-0.3, -0.25) is 9.78 Å².